The molecule has 0 aromatic heterocycles. The van der Waals surface area contributed by atoms with Crippen molar-refractivity contribution in [3.05, 3.63) is 29.5 Å². The maximum absolute atomic E-state index is 10.1. The van der Waals surface area contributed by atoms with Crippen LogP contribution in [0.25, 0.3) is 0 Å². The Morgan fingerprint density at radius 3 is 2.75 bits per heavy atom. The molecular weight excluding hydrogens is 102 g/mol. The van der Waals surface area contributed by atoms with Gasteiger partial charge in [-0.3, -0.25) is 0 Å². The van der Waals surface area contributed by atoms with Gasteiger partial charge in [0.15, 0.2) is 0 Å². The average molecular weight is 111 g/mol. The van der Waals surface area contributed by atoms with Crippen LogP contribution in [-0.4, -0.2) is 6.04 Å². The van der Waals surface area contributed by atoms with Crippen molar-refractivity contribution < 1.29 is 5.48 Å². The number of hydroxylamine groups is 1. The first kappa shape index (κ1) is 5.54. The average Bonchev–Trinajstić information content (AvgIpc) is 1.90. The molecule has 0 fully saturated rings. The summed E-state index contributed by atoms with van der Waals surface area (Å²) in [6, 6.07) is 0.139. The molecule has 2 N–H and O–H groups in total. The van der Waals surface area contributed by atoms with Gasteiger partial charge in [-0.2, -0.15) is 0 Å². The second-order valence-corrected chi connectivity index (χ2v) is 1.85. The first-order chi connectivity index (χ1) is 3.93. The Kier molecular flexibility index (Phi) is 1.83. The van der Waals surface area contributed by atoms with Gasteiger partial charge in [-0.25, -0.2) is 0 Å². The van der Waals surface area contributed by atoms with Gasteiger partial charge < -0.3 is 10.7 Å². The molecule has 0 saturated heterocycles. The number of hydrogen-bond acceptors (Lipinski definition) is 1. The molecule has 0 amide bonds. The van der Waals surface area contributed by atoms with Crippen LogP contribution < -0.4 is 5.48 Å². The third-order valence-corrected chi connectivity index (χ3v) is 1.19. The molecule has 0 aromatic carbocycles. The largest absolute Gasteiger partial charge is 0.635 e. The van der Waals surface area contributed by atoms with Crippen LogP contribution in [0.3, 0.4) is 0 Å². The Morgan fingerprint density at radius 1 is 1.50 bits per heavy atom. The third-order valence-electron chi connectivity index (χ3n) is 1.19. The van der Waals surface area contributed by atoms with E-state index in [0.717, 1.165) is 11.9 Å². The van der Waals surface area contributed by atoms with Crippen molar-refractivity contribution in [1.82, 2.24) is 0 Å². The minimum atomic E-state index is 0.139. The zero-order chi connectivity index (χ0) is 5.82. The molecule has 0 radical (unpaired) electrons. The highest BCUT2D eigenvalue weighted by atomic mass is 16.5. The lowest BCUT2D eigenvalue weighted by Crippen LogP contribution is -2.83. The van der Waals surface area contributed by atoms with Gasteiger partial charge in [0.2, 0.25) is 0 Å². The Balaban J connectivity index is 2.40. The van der Waals surface area contributed by atoms with Crippen LogP contribution in [0.15, 0.2) is 24.3 Å². The maximum atomic E-state index is 10.1. The van der Waals surface area contributed by atoms with E-state index in [2.05, 4.69) is 0 Å². The lowest BCUT2D eigenvalue weighted by molar-refractivity contribution is -0.615. The van der Waals surface area contributed by atoms with Crippen LogP contribution in [0.1, 0.15) is 6.42 Å². The predicted molar refractivity (Wildman–Crippen MR) is 32.0 cm³/mol. The van der Waals surface area contributed by atoms with E-state index in [9.17, 15) is 5.21 Å². The monoisotopic (exact) mass is 111 g/mol. The van der Waals surface area contributed by atoms with E-state index in [1.54, 1.807) is 0 Å². The van der Waals surface area contributed by atoms with Gasteiger partial charge in [-0.15, -0.1) is 0 Å². The fourth-order valence-electron chi connectivity index (χ4n) is 0.701. The molecule has 1 aliphatic rings. The quantitative estimate of drug-likeness (QED) is 0.473. The summed E-state index contributed by atoms with van der Waals surface area (Å²) in [5, 5.41) is 10.1. The molecule has 2 nitrogen and oxygen atoms in total. The second kappa shape index (κ2) is 2.64. The zero-order valence-corrected chi connectivity index (χ0v) is 4.58. The van der Waals surface area contributed by atoms with Crippen LogP contribution in [-0.2, 0) is 0 Å². The summed E-state index contributed by atoms with van der Waals surface area (Å²) in [7, 11) is 0. The fraction of sp³-hybridized carbons (Fsp3) is 0.333. The third kappa shape index (κ3) is 1.18. The van der Waals surface area contributed by atoms with E-state index in [0.29, 0.717) is 0 Å². The number of quaternary nitrogens is 1. The van der Waals surface area contributed by atoms with Crippen molar-refractivity contribution in [2.45, 2.75) is 12.5 Å². The highest BCUT2D eigenvalue weighted by Gasteiger charge is 2.00. The number of rotatable bonds is 1. The SMILES string of the molecule is [O-][NH2+]C1C=CC=CC1. The second-order valence-electron chi connectivity index (χ2n) is 1.85. The Bertz CT molecular complexity index is 118. The molecule has 2 heteroatoms. The van der Waals surface area contributed by atoms with Crippen molar-refractivity contribution in [2.75, 3.05) is 0 Å². The van der Waals surface area contributed by atoms with Crippen LogP contribution >= 0.6 is 0 Å². The van der Waals surface area contributed by atoms with Crippen molar-refractivity contribution in [2.24, 2.45) is 0 Å². The predicted octanol–water partition coefficient (Wildman–Crippen LogP) is -0.0677. The topological polar surface area (TPSA) is 39.7 Å². The van der Waals surface area contributed by atoms with Crippen molar-refractivity contribution in [1.29, 1.82) is 0 Å². The highest BCUT2D eigenvalue weighted by Crippen LogP contribution is 1.96. The highest BCUT2D eigenvalue weighted by molar-refractivity contribution is 5.10. The molecule has 1 unspecified atom stereocenters. The molecule has 0 saturated carbocycles. The molecule has 0 bridgehead atoms. The molecule has 1 rings (SSSR count). The van der Waals surface area contributed by atoms with E-state index >= 15 is 0 Å². The van der Waals surface area contributed by atoms with E-state index in [1.165, 1.54) is 0 Å². The summed E-state index contributed by atoms with van der Waals surface area (Å²) in [6.45, 7) is 0. The van der Waals surface area contributed by atoms with E-state index in [-0.39, 0.29) is 6.04 Å². The lowest BCUT2D eigenvalue weighted by atomic mass is 10.1. The molecule has 1 aliphatic carbocycles. The smallest absolute Gasteiger partial charge is 0.108 e. The van der Waals surface area contributed by atoms with Gasteiger partial charge in [0.25, 0.3) is 0 Å². The van der Waals surface area contributed by atoms with Gasteiger partial charge in [0.1, 0.15) is 6.04 Å². The van der Waals surface area contributed by atoms with Gasteiger partial charge >= 0.3 is 0 Å². The summed E-state index contributed by atoms with van der Waals surface area (Å²) < 4.78 is 0. The van der Waals surface area contributed by atoms with Gasteiger partial charge in [-0.05, 0) is 6.08 Å². The molecule has 0 aromatic rings. The minimum absolute atomic E-state index is 0.139. The van der Waals surface area contributed by atoms with E-state index < -0.39 is 0 Å². The van der Waals surface area contributed by atoms with Gasteiger partial charge in [-0.1, -0.05) is 18.2 Å². The number of allylic oxidation sites excluding steroid dienone is 2. The summed E-state index contributed by atoms with van der Waals surface area (Å²) in [5.41, 5.74) is 0.972. The molecule has 1 atom stereocenters. The Labute approximate surface area is 48.5 Å². The summed E-state index contributed by atoms with van der Waals surface area (Å²) in [5.74, 6) is 0. The molecule has 0 aliphatic heterocycles. The van der Waals surface area contributed by atoms with E-state index in [1.807, 2.05) is 24.3 Å². The molecule has 44 valence electrons. The standard InChI is InChI=1S/C6H9NO/c8-7-6-4-2-1-3-5-6/h1-4,6H,5,7H2. The van der Waals surface area contributed by atoms with Crippen LogP contribution in [0.4, 0.5) is 0 Å². The van der Waals surface area contributed by atoms with Crippen LogP contribution in [0.5, 0.6) is 0 Å². The lowest BCUT2D eigenvalue weighted by Gasteiger charge is -2.12. The zero-order valence-electron chi connectivity index (χ0n) is 4.58. The minimum Gasteiger partial charge on any atom is -0.635 e. The van der Waals surface area contributed by atoms with Crippen molar-refractivity contribution in [3.63, 3.8) is 0 Å². The number of nitrogens with two attached hydrogens (primary N) is 1. The summed E-state index contributed by atoms with van der Waals surface area (Å²) >= 11 is 0. The normalized spacial score (nSPS) is 26.4. The van der Waals surface area contributed by atoms with Crippen LogP contribution in [0.2, 0.25) is 0 Å². The molecular formula is C6H9NO. The molecule has 0 spiro atoms. The van der Waals surface area contributed by atoms with Crippen LogP contribution in [0, 0.1) is 5.21 Å². The Morgan fingerprint density at radius 2 is 2.38 bits per heavy atom. The first-order valence-electron chi connectivity index (χ1n) is 2.72. The molecule has 0 heterocycles. The van der Waals surface area contributed by atoms with Crippen molar-refractivity contribution in [3.8, 4) is 0 Å². The summed E-state index contributed by atoms with van der Waals surface area (Å²) in [6.07, 6.45) is 8.65. The first-order valence-corrected chi connectivity index (χ1v) is 2.72. The Hall–Kier alpha value is -0.600. The van der Waals surface area contributed by atoms with Gasteiger partial charge in [0, 0.05) is 6.42 Å². The fourth-order valence-corrected chi connectivity index (χ4v) is 0.701. The van der Waals surface area contributed by atoms with E-state index in [4.69, 9.17) is 0 Å². The molecule has 8 heavy (non-hydrogen) atoms. The summed E-state index contributed by atoms with van der Waals surface area (Å²) in [4.78, 5) is 0. The van der Waals surface area contributed by atoms with Crippen molar-refractivity contribution >= 4 is 0 Å². The van der Waals surface area contributed by atoms with Gasteiger partial charge in [0.05, 0.1) is 0 Å². The maximum Gasteiger partial charge on any atom is 0.108 e. The number of hydrogen-bond donors (Lipinski definition) is 1.